The third-order valence-corrected chi connectivity index (χ3v) is 5.19. The Balaban J connectivity index is 1.81. The third-order valence-electron chi connectivity index (χ3n) is 4.93. The Bertz CT molecular complexity index is 1200. The zero-order chi connectivity index (χ0) is 22.0. The van der Waals surface area contributed by atoms with Gasteiger partial charge in [0.05, 0.1) is 19.9 Å². The summed E-state index contributed by atoms with van der Waals surface area (Å²) in [7, 11) is 3.16. The molecule has 0 atom stereocenters. The van der Waals surface area contributed by atoms with Crippen LogP contribution >= 0.6 is 11.6 Å². The molecule has 3 aromatic carbocycles. The standard InChI is InChI=1S/C25H21ClN2O3/c1-16-5-4-6-20(13-16)28-24(18-8-10-19(26)11-9-18)27-21(25(28)29)14-17-7-12-22(30-2)23(15-17)31-3/h4-15H,1-3H3/b21-14+. The summed E-state index contributed by atoms with van der Waals surface area (Å²) in [6.45, 7) is 1.99. The molecule has 0 saturated heterocycles. The second-order valence-electron chi connectivity index (χ2n) is 7.07. The molecule has 1 aliphatic heterocycles. The van der Waals surface area contributed by atoms with Gasteiger partial charge in [0.15, 0.2) is 11.5 Å². The van der Waals surface area contributed by atoms with Gasteiger partial charge in [-0.2, -0.15) is 0 Å². The fraction of sp³-hybridized carbons (Fsp3) is 0.120. The number of aryl methyl sites for hydroxylation is 1. The Hall–Kier alpha value is -3.57. The van der Waals surface area contributed by atoms with Crippen LogP contribution in [0.15, 0.2) is 77.4 Å². The van der Waals surface area contributed by atoms with Crippen LogP contribution in [-0.4, -0.2) is 26.0 Å². The van der Waals surface area contributed by atoms with Gasteiger partial charge >= 0.3 is 0 Å². The predicted octanol–water partition coefficient (Wildman–Crippen LogP) is 5.50. The molecule has 0 fully saturated rings. The van der Waals surface area contributed by atoms with Crippen molar-refractivity contribution in [3.8, 4) is 11.5 Å². The van der Waals surface area contributed by atoms with Crippen LogP contribution in [0, 0.1) is 6.92 Å². The number of amides is 1. The fourth-order valence-electron chi connectivity index (χ4n) is 3.42. The minimum absolute atomic E-state index is 0.203. The molecule has 0 N–H and O–H groups in total. The summed E-state index contributed by atoms with van der Waals surface area (Å²) in [5.41, 5.74) is 3.73. The Morgan fingerprint density at radius 2 is 1.68 bits per heavy atom. The molecule has 3 aromatic rings. The van der Waals surface area contributed by atoms with Gasteiger partial charge in [-0.25, -0.2) is 4.99 Å². The lowest BCUT2D eigenvalue weighted by Crippen LogP contribution is -2.32. The summed E-state index contributed by atoms with van der Waals surface area (Å²) in [5, 5.41) is 0.622. The normalized spacial score (nSPS) is 14.7. The highest BCUT2D eigenvalue weighted by Crippen LogP contribution is 2.31. The van der Waals surface area contributed by atoms with Gasteiger partial charge in [0.25, 0.3) is 5.91 Å². The molecule has 0 unspecified atom stereocenters. The van der Waals surface area contributed by atoms with E-state index in [0.717, 1.165) is 22.4 Å². The first kappa shape index (κ1) is 20.7. The lowest BCUT2D eigenvalue weighted by molar-refractivity contribution is -0.113. The molecule has 0 bridgehead atoms. The minimum Gasteiger partial charge on any atom is -0.493 e. The SMILES string of the molecule is COc1ccc(/C=C2/N=C(c3ccc(Cl)cc3)N(c3cccc(C)c3)C2=O)cc1OC. The molecule has 1 amide bonds. The maximum atomic E-state index is 13.4. The molecule has 1 heterocycles. The van der Waals surface area contributed by atoms with Crippen molar-refractivity contribution in [2.24, 2.45) is 4.99 Å². The van der Waals surface area contributed by atoms with Gasteiger partial charge in [-0.15, -0.1) is 0 Å². The van der Waals surface area contributed by atoms with E-state index in [9.17, 15) is 4.79 Å². The van der Waals surface area contributed by atoms with Crippen LogP contribution in [-0.2, 0) is 4.79 Å². The van der Waals surface area contributed by atoms with Gasteiger partial charge in [0, 0.05) is 10.6 Å². The zero-order valence-electron chi connectivity index (χ0n) is 17.4. The Kier molecular flexibility index (Phi) is 5.78. The van der Waals surface area contributed by atoms with Crippen LogP contribution in [0.1, 0.15) is 16.7 Å². The number of carbonyl (C=O) groups excluding carboxylic acids is 1. The zero-order valence-corrected chi connectivity index (χ0v) is 18.2. The van der Waals surface area contributed by atoms with E-state index in [1.165, 1.54) is 0 Å². The monoisotopic (exact) mass is 432 g/mol. The van der Waals surface area contributed by atoms with Crippen LogP contribution in [0.5, 0.6) is 11.5 Å². The van der Waals surface area contributed by atoms with Crippen LogP contribution in [0.25, 0.3) is 6.08 Å². The maximum Gasteiger partial charge on any atom is 0.282 e. The molecule has 1 aliphatic rings. The Labute approximate surface area is 186 Å². The lowest BCUT2D eigenvalue weighted by atomic mass is 10.1. The molecule has 31 heavy (non-hydrogen) atoms. The first-order valence-corrected chi connectivity index (χ1v) is 10.1. The Morgan fingerprint density at radius 1 is 0.935 bits per heavy atom. The molecule has 4 rings (SSSR count). The molecular formula is C25H21ClN2O3. The van der Waals surface area contributed by atoms with Crippen LogP contribution in [0.3, 0.4) is 0 Å². The van der Waals surface area contributed by atoms with Crippen molar-refractivity contribution in [2.75, 3.05) is 19.1 Å². The molecule has 0 saturated carbocycles. The van der Waals surface area contributed by atoms with E-state index in [1.54, 1.807) is 43.4 Å². The summed E-state index contributed by atoms with van der Waals surface area (Å²) < 4.78 is 10.7. The number of methoxy groups -OCH3 is 2. The highest BCUT2D eigenvalue weighted by atomic mass is 35.5. The van der Waals surface area contributed by atoms with Gasteiger partial charge in [-0.3, -0.25) is 9.69 Å². The summed E-state index contributed by atoms with van der Waals surface area (Å²) in [6, 6.07) is 20.5. The van der Waals surface area contributed by atoms with E-state index in [-0.39, 0.29) is 5.91 Å². The van der Waals surface area contributed by atoms with E-state index in [2.05, 4.69) is 4.99 Å². The maximum absolute atomic E-state index is 13.4. The number of hydrogen-bond acceptors (Lipinski definition) is 4. The first-order chi connectivity index (χ1) is 15.0. The largest absolute Gasteiger partial charge is 0.493 e. The number of nitrogens with zero attached hydrogens (tertiary/aromatic N) is 2. The van der Waals surface area contributed by atoms with Gasteiger partial charge < -0.3 is 9.47 Å². The summed E-state index contributed by atoms with van der Waals surface area (Å²) in [4.78, 5) is 19.7. The second-order valence-corrected chi connectivity index (χ2v) is 7.50. The number of benzene rings is 3. The van der Waals surface area contributed by atoms with Crippen molar-refractivity contribution in [1.29, 1.82) is 0 Å². The lowest BCUT2D eigenvalue weighted by Gasteiger charge is -2.19. The van der Waals surface area contributed by atoms with E-state index >= 15 is 0 Å². The van der Waals surface area contributed by atoms with Crippen molar-refractivity contribution in [1.82, 2.24) is 0 Å². The number of carbonyl (C=O) groups is 1. The van der Waals surface area contributed by atoms with Crippen molar-refractivity contribution < 1.29 is 14.3 Å². The molecule has 0 aliphatic carbocycles. The van der Waals surface area contributed by atoms with E-state index < -0.39 is 0 Å². The predicted molar refractivity (Wildman–Crippen MR) is 124 cm³/mol. The molecule has 0 radical (unpaired) electrons. The van der Waals surface area contributed by atoms with Crippen molar-refractivity contribution in [2.45, 2.75) is 6.92 Å². The number of hydrogen-bond donors (Lipinski definition) is 0. The van der Waals surface area contributed by atoms with Gasteiger partial charge in [0.1, 0.15) is 11.5 Å². The average molecular weight is 433 g/mol. The number of anilines is 1. The number of amidine groups is 1. The number of halogens is 1. The van der Waals surface area contributed by atoms with Crippen molar-refractivity contribution in [3.63, 3.8) is 0 Å². The van der Waals surface area contributed by atoms with Crippen LogP contribution < -0.4 is 14.4 Å². The first-order valence-electron chi connectivity index (χ1n) is 9.69. The van der Waals surface area contributed by atoms with Crippen LogP contribution in [0.2, 0.25) is 5.02 Å². The van der Waals surface area contributed by atoms with Crippen molar-refractivity contribution >= 4 is 35.1 Å². The number of rotatable bonds is 5. The molecule has 0 spiro atoms. The fourth-order valence-corrected chi connectivity index (χ4v) is 3.54. The third kappa shape index (κ3) is 4.18. The van der Waals surface area contributed by atoms with E-state index in [4.69, 9.17) is 21.1 Å². The highest BCUT2D eigenvalue weighted by molar-refractivity contribution is 6.34. The molecule has 0 aromatic heterocycles. The number of aliphatic imine (C=N–C) groups is 1. The molecule has 156 valence electrons. The smallest absolute Gasteiger partial charge is 0.282 e. The summed E-state index contributed by atoms with van der Waals surface area (Å²) in [5.74, 6) is 1.55. The quantitative estimate of drug-likeness (QED) is 0.500. The van der Waals surface area contributed by atoms with E-state index in [1.807, 2.05) is 55.5 Å². The molecule has 6 heteroatoms. The van der Waals surface area contributed by atoms with Gasteiger partial charge in [0.2, 0.25) is 0 Å². The average Bonchev–Trinajstić information content (AvgIpc) is 3.10. The van der Waals surface area contributed by atoms with Crippen molar-refractivity contribution in [3.05, 3.63) is 94.1 Å². The molecular weight excluding hydrogens is 412 g/mol. The Morgan fingerprint density at radius 3 is 2.35 bits per heavy atom. The number of ether oxygens (including phenoxy) is 2. The van der Waals surface area contributed by atoms with Gasteiger partial charge in [-0.05, 0) is 72.7 Å². The molecule has 5 nitrogen and oxygen atoms in total. The highest BCUT2D eigenvalue weighted by Gasteiger charge is 2.32. The second kappa shape index (κ2) is 8.66. The van der Waals surface area contributed by atoms with E-state index in [0.29, 0.717) is 28.1 Å². The van der Waals surface area contributed by atoms with Crippen LogP contribution in [0.4, 0.5) is 5.69 Å². The topological polar surface area (TPSA) is 51.1 Å². The summed E-state index contributed by atoms with van der Waals surface area (Å²) in [6.07, 6.45) is 1.75. The minimum atomic E-state index is -0.203. The van der Waals surface area contributed by atoms with Gasteiger partial charge in [-0.1, -0.05) is 29.8 Å². The summed E-state index contributed by atoms with van der Waals surface area (Å²) >= 11 is 6.06.